The van der Waals surface area contributed by atoms with Gasteiger partial charge in [-0.3, -0.25) is 9.59 Å². The maximum Gasteiger partial charge on any atom is 0.334 e. The highest BCUT2D eigenvalue weighted by atomic mass is 19.1. The minimum Gasteiger partial charge on any atom is -0.337 e. The zero-order valence-corrected chi connectivity index (χ0v) is 21.6. The van der Waals surface area contributed by atoms with Crippen LogP contribution in [0, 0.1) is 11.7 Å². The Balaban J connectivity index is 1.54. The first kappa shape index (κ1) is 26.1. The van der Waals surface area contributed by atoms with Crippen LogP contribution in [0.25, 0.3) is 0 Å². The SMILES string of the molecule is CC(C)C[C@H]1C(=O)N(CCC2=CCCCC2)C[C@H]2N1C(=O)CN(C)N2C(=O)NCc1ccc(F)cc1. The summed E-state index contributed by atoms with van der Waals surface area (Å²) >= 11 is 0. The molecule has 2 saturated heterocycles. The third-order valence-electron chi connectivity index (χ3n) is 7.29. The highest BCUT2D eigenvalue weighted by molar-refractivity contribution is 5.91. The Labute approximate surface area is 213 Å². The molecule has 36 heavy (non-hydrogen) atoms. The summed E-state index contributed by atoms with van der Waals surface area (Å²) < 4.78 is 13.3. The highest BCUT2D eigenvalue weighted by Crippen LogP contribution is 2.30. The van der Waals surface area contributed by atoms with Crippen LogP contribution in [0.15, 0.2) is 35.9 Å². The Hall–Kier alpha value is -2.94. The average Bonchev–Trinajstić information content (AvgIpc) is 2.84. The number of halogens is 1. The summed E-state index contributed by atoms with van der Waals surface area (Å²) in [6.45, 7) is 5.21. The Kier molecular flexibility index (Phi) is 8.28. The van der Waals surface area contributed by atoms with Crippen LogP contribution in [-0.2, 0) is 16.1 Å². The molecule has 0 aromatic heterocycles. The fourth-order valence-corrected chi connectivity index (χ4v) is 5.45. The topological polar surface area (TPSA) is 76.2 Å². The smallest absolute Gasteiger partial charge is 0.334 e. The monoisotopic (exact) mass is 499 g/mol. The molecule has 8 nitrogen and oxygen atoms in total. The highest BCUT2D eigenvalue weighted by Gasteiger charge is 2.50. The van der Waals surface area contributed by atoms with Gasteiger partial charge in [-0.1, -0.05) is 37.6 Å². The van der Waals surface area contributed by atoms with Gasteiger partial charge in [0.15, 0.2) is 0 Å². The van der Waals surface area contributed by atoms with E-state index in [0.29, 0.717) is 13.0 Å². The number of carbonyl (C=O) groups is 3. The van der Waals surface area contributed by atoms with Gasteiger partial charge in [-0.05, 0) is 62.1 Å². The lowest BCUT2D eigenvalue weighted by molar-refractivity contribution is -0.187. The molecule has 0 unspecified atom stereocenters. The normalized spacial score (nSPS) is 23.1. The van der Waals surface area contributed by atoms with E-state index in [1.54, 1.807) is 34.1 Å². The summed E-state index contributed by atoms with van der Waals surface area (Å²) in [5, 5.41) is 6.10. The molecule has 0 radical (unpaired) electrons. The molecule has 1 aliphatic carbocycles. The average molecular weight is 500 g/mol. The van der Waals surface area contributed by atoms with E-state index in [1.807, 2.05) is 18.7 Å². The van der Waals surface area contributed by atoms with E-state index in [1.165, 1.54) is 30.5 Å². The second-order valence-electron chi connectivity index (χ2n) is 10.5. The number of hydrazine groups is 1. The number of allylic oxidation sites excluding steroid dienone is 1. The predicted molar refractivity (Wildman–Crippen MR) is 135 cm³/mol. The van der Waals surface area contributed by atoms with Crippen molar-refractivity contribution in [1.82, 2.24) is 25.1 Å². The van der Waals surface area contributed by atoms with Gasteiger partial charge >= 0.3 is 6.03 Å². The first-order valence-corrected chi connectivity index (χ1v) is 13.0. The second-order valence-corrected chi connectivity index (χ2v) is 10.5. The molecule has 2 atom stereocenters. The number of hydrogen-bond acceptors (Lipinski definition) is 4. The van der Waals surface area contributed by atoms with Crippen molar-refractivity contribution >= 4 is 17.8 Å². The van der Waals surface area contributed by atoms with Crippen LogP contribution in [0.3, 0.4) is 0 Å². The van der Waals surface area contributed by atoms with Crippen LogP contribution in [-0.4, -0.2) is 76.6 Å². The van der Waals surface area contributed by atoms with Gasteiger partial charge in [0.1, 0.15) is 18.0 Å². The lowest BCUT2D eigenvalue weighted by Gasteiger charge is -2.54. The fraction of sp³-hybridized carbons (Fsp3) is 0.593. The summed E-state index contributed by atoms with van der Waals surface area (Å²) in [6, 6.07) is 5.04. The minimum absolute atomic E-state index is 0.0230. The summed E-state index contributed by atoms with van der Waals surface area (Å²) in [7, 11) is 1.72. The van der Waals surface area contributed by atoms with E-state index in [0.717, 1.165) is 24.8 Å². The molecule has 196 valence electrons. The van der Waals surface area contributed by atoms with E-state index in [4.69, 9.17) is 0 Å². The number of piperazine rings is 1. The summed E-state index contributed by atoms with van der Waals surface area (Å²) in [4.78, 5) is 43.6. The number of hydrogen-bond donors (Lipinski definition) is 1. The summed E-state index contributed by atoms with van der Waals surface area (Å²) in [5.74, 6) is -0.282. The predicted octanol–water partition coefficient (Wildman–Crippen LogP) is 3.50. The molecule has 2 fully saturated rings. The molecule has 9 heteroatoms. The number of likely N-dealkylation sites (N-methyl/N-ethyl adjacent to an activating group) is 1. The number of nitrogens with zero attached hydrogens (tertiary/aromatic N) is 4. The fourth-order valence-electron chi connectivity index (χ4n) is 5.45. The molecular formula is C27H38FN5O3. The van der Waals surface area contributed by atoms with Gasteiger partial charge in [-0.15, -0.1) is 0 Å². The summed E-state index contributed by atoms with van der Waals surface area (Å²) in [5.41, 5.74) is 2.17. The molecule has 3 aliphatic rings. The van der Waals surface area contributed by atoms with Gasteiger partial charge in [0.2, 0.25) is 11.8 Å². The van der Waals surface area contributed by atoms with Gasteiger partial charge in [0.05, 0.1) is 13.1 Å². The molecule has 2 heterocycles. The van der Waals surface area contributed by atoms with Crippen LogP contribution in [0.1, 0.15) is 57.9 Å². The van der Waals surface area contributed by atoms with Crippen molar-refractivity contribution in [3.8, 4) is 0 Å². The van der Waals surface area contributed by atoms with E-state index in [2.05, 4.69) is 11.4 Å². The zero-order valence-electron chi connectivity index (χ0n) is 21.6. The molecule has 1 aromatic rings. The number of urea groups is 1. The van der Waals surface area contributed by atoms with E-state index >= 15 is 0 Å². The first-order valence-electron chi connectivity index (χ1n) is 13.0. The number of benzene rings is 1. The summed E-state index contributed by atoms with van der Waals surface area (Å²) in [6.07, 6.45) is 7.67. The van der Waals surface area contributed by atoms with Gasteiger partial charge in [-0.2, -0.15) is 0 Å². The lowest BCUT2D eigenvalue weighted by Crippen LogP contribution is -2.76. The van der Waals surface area contributed by atoms with Crippen molar-refractivity contribution in [2.45, 2.75) is 71.1 Å². The Morgan fingerprint density at radius 2 is 1.92 bits per heavy atom. The number of rotatable bonds is 7. The third-order valence-corrected chi connectivity index (χ3v) is 7.29. The molecule has 1 N–H and O–H groups in total. The number of nitrogens with one attached hydrogen (secondary N) is 1. The van der Waals surface area contributed by atoms with Crippen molar-refractivity contribution in [3.63, 3.8) is 0 Å². The largest absolute Gasteiger partial charge is 0.337 e. The van der Waals surface area contributed by atoms with Crippen molar-refractivity contribution in [1.29, 1.82) is 0 Å². The van der Waals surface area contributed by atoms with Crippen molar-refractivity contribution in [3.05, 3.63) is 47.3 Å². The van der Waals surface area contributed by atoms with Crippen molar-refractivity contribution in [2.75, 3.05) is 26.7 Å². The Morgan fingerprint density at radius 1 is 1.17 bits per heavy atom. The van der Waals surface area contributed by atoms with Crippen molar-refractivity contribution < 1.29 is 18.8 Å². The minimum atomic E-state index is -0.585. The maximum atomic E-state index is 13.6. The molecular weight excluding hydrogens is 461 g/mol. The van der Waals surface area contributed by atoms with Gasteiger partial charge in [0.25, 0.3) is 0 Å². The first-order chi connectivity index (χ1) is 17.2. The molecule has 4 amide bonds. The second kappa shape index (κ2) is 11.4. The van der Waals surface area contributed by atoms with Crippen molar-refractivity contribution in [2.24, 2.45) is 5.92 Å². The molecule has 1 aromatic carbocycles. The van der Waals surface area contributed by atoms with Crippen LogP contribution < -0.4 is 5.32 Å². The molecule has 2 aliphatic heterocycles. The van der Waals surface area contributed by atoms with Gasteiger partial charge < -0.3 is 15.1 Å². The number of amides is 4. The maximum absolute atomic E-state index is 13.6. The Morgan fingerprint density at radius 3 is 2.58 bits per heavy atom. The van der Waals surface area contributed by atoms with Gasteiger partial charge in [0, 0.05) is 20.1 Å². The molecule has 0 spiro atoms. The molecule has 0 saturated carbocycles. The van der Waals surface area contributed by atoms with Gasteiger partial charge in [-0.25, -0.2) is 19.2 Å². The van der Waals surface area contributed by atoms with Crippen LogP contribution in [0.4, 0.5) is 9.18 Å². The van der Waals surface area contributed by atoms with Crippen LogP contribution >= 0.6 is 0 Å². The number of fused-ring (bicyclic) bond motifs is 1. The lowest BCUT2D eigenvalue weighted by atomic mass is 9.95. The Bertz CT molecular complexity index is 996. The zero-order chi connectivity index (χ0) is 25.8. The number of carbonyl (C=O) groups excluding carboxylic acids is 3. The third kappa shape index (κ3) is 5.88. The molecule has 4 rings (SSSR count). The quantitative estimate of drug-likeness (QED) is 0.583. The standard InChI is InChI=1S/C27H38FN5O3/c1-19(2)15-23-26(35)31(14-13-20-7-5-4-6-8-20)17-24-32(23)25(34)18-30(3)33(24)27(36)29-16-21-9-11-22(28)12-10-21/h7,9-12,19,23-24H,4-6,8,13-18H2,1-3H3,(H,29,36)/t23-,24-/m0/s1. The van der Waals surface area contributed by atoms with E-state index in [9.17, 15) is 18.8 Å². The van der Waals surface area contributed by atoms with Crippen LogP contribution in [0.2, 0.25) is 0 Å². The van der Waals surface area contributed by atoms with E-state index < -0.39 is 12.2 Å². The molecule has 0 bridgehead atoms. The van der Waals surface area contributed by atoms with Crippen LogP contribution in [0.5, 0.6) is 0 Å². The van der Waals surface area contributed by atoms with E-state index in [-0.39, 0.29) is 49.2 Å².